The van der Waals surface area contributed by atoms with Crippen LogP contribution < -0.4 is 17.2 Å². The number of anilines is 3. The summed E-state index contributed by atoms with van der Waals surface area (Å²) in [4.78, 5) is 60.9. The molecule has 0 bridgehead atoms. The van der Waals surface area contributed by atoms with Crippen LogP contribution in [-0.2, 0) is 69.7 Å². The summed E-state index contributed by atoms with van der Waals surface area (Å²) in [5, 5.41) is 22.0. The first-order valence-corrected chi connectivity index (χ1v) is 28.2. The van der Waals surface area contributed by atoms with E-state index in [2.05, 4.69) is 44.9 Å². The van der Waals surface area contributed by atoms with Crippen molar-refractivity contribution in [3.05, 3.63) is 38.0 Å². The molecule has 0 aromatic carbocycles. The molecule has 3 aliphatic rings. The molecule has 374 valence electrons. The third-order valence-corrected chi connectivity index (χ3v) is 17.7. The van der Waals surface area contributed by atoms with Gasteiger partial charge in [-0.05, 0) is 30.0 Å². The Hall–Kier alpha value is -3.94. The van der Waals surface area contributed by atoms with E-state index in [1.54, 1.807) is 11.5 Å². The lowest BCUT2D eigenvalue weighted by molar-refractivity contribution is -0.0583. The van der Waals surface area contributed by atoms with E-state index < -0.39 is 102 Å². The Morgan fingerprint density at radius 1 is 0.681 bits per heavy atom. The highest BCUT2D eigenvalue weighted by Crippen LogP contribution is 2.54. The quantitative estimate of drug-likeness (QED) is 0.0547. The van der Waals surface area contributed by atoms with Crippen molar-refractivity contribution in [2.24, 2.45) is 0 Å². The first-order valence-electron chi connectivity index (χ1n) is 21.0. The Bertz CT molecular complexity index is 2970. The van der Waals surface area contributed by atoms with Crippen LogP contribution in [0.4, 0.5) is 17.5 Å². The van der Waals surface area contributed by atoms with Gasteiger partial charge in [-0.1, -0.05) is 6.92 Å². The number of hydrogen-bond acceptors (Lipinski definition) is 26. The van der Waals surface area contributed by atoms with Gasteiger partial charge in [0, 0.05) is 33.0 Å². The van der Waals surface area contributed by atoms with Crippen molar-refractivity contribution < 1.29 is 66.1 Å². The molecule has 14 atom stereocenters. The minimum atomic E-state index is -4.34. The van der Waals surface area contributed by atoms with E-state index >= 15 is 0 Å². The maximum absolute atomic E-state index is 13.1. The molecule has 29 nitrogen and oxygen atoms in total. The molecule has 0 radical (unpaired) electrons. The third-order valence-electron chi connectivity index (χ3n) is 12.0. The number of nitrogens with two attached hydrogens (primary N) is 3. The van der Waals surface area contributed by atoms with Crippen LogP contribution in [0.25, 0.3) is 33.5 Å². The highest BCUT2D eigenvalue weighted by Gasteiger charge is 2.52. The molecule has 9 heterocycles. The van der Waals surface area contributed by atoms with E-state index in [4.69, 9.17) is 82.4 Å². The highest BCUT2D eigenvalue weighted by atomic mass is 32.5. The number of aromatic nitrogens is 12. The van der Waals surface area contributed by atoms with E-state index in [-0.39, 0.29) is 52.4 Å². The second-order valence-corrected chi connectivity index (χ2v) is 24.7. The Labute approximate surface area is 400 Å². The number of aliphatic hydroxyl groups is 2. The lowest BCUT2D eigenvalue weighted by atomic mass is 10.1. The van der Waals surface area contributed by atoms with Gasteiger partial charge in [-0.25, -0.2) is 44.9 Å². The summed E-state index contributed by atoms with van der Waals surface area (Å²) in [6.07, 6.45) is -3.75. The zero-order valence-electron chi connectivity index (χ0n) is 36.7. The van der Waals surface area contributed by atoms with Crippen LogP contribution in [0, 0.1) is 0 Å². The largest absolute Gasteiger partial charge is 0.387 e. The van der Waals surface area contributed by atoms with Gasteiger partial charge in [-0.2, -0.15) is 0 Å². The Balaban J connectivity index is 0.922. The van der Waals surface area contributed by atoms with Crippen LogP contribution in [0.3, 0.4) is 0 Å². The molecule has 0 amide bonds. The van der Waals surface area contributed by atoms with Gasteiger partial charge in [0.15, 0.2) is 53.1 Å². The zero-order valence-corrected chi connectivity index (χ0v) is 41.0. The lowest BCUT2D eigenvalue weighted by Gasteiger charge is -2.28. The second-order valence-electron chi connectivity index (χ2n) is 16.0. The molecule has 9 rings (SSSR count). The van der Waals surface area contributed by atoms with Crippen molar-refractivity contribution in [3.63, 3.8) is 0 Å². The molecule has 0 aliphatic carbocycles. The van der Waals surface area contributed by atoms with E-state index in [1.807, 2.05) is 0 Å². The number of aliphatic hydroxyl groups excluding tert-OH is 2. The molecular weight excluding hydrogens is 1010 g/mol. The molecule has 3 unspecified atom stereocenters. The number of methoxy groups -OCH3 is 1. The monoisotopic (exact) mass is 1060 g/mol. The van der Waals surface area contributed by atoms with Crippen molar-refractivity contribution >= 4 is 95.4 Å². The predicted molar refractivity (Wildman–Crippen MR) is 248 cm³/mol. The Morgan fingerprint density at radius 2 is 1.17 bits per heavy atom. The molecule has 10 N–H and O–H groups in total. The molecular formula is C35H48N15O14P3S2. The smallest absolute Gasteiger partial charge is 0.325 e. The standard InChI is InChI=1S/C35H48N15O14P3S2/c1-4-65(53,57-3)6-5-16-7-17(33(60-16)48-13-45-20-27(36)39-10-42-30(20)48)63-66(54,68)59-9-19-25(56-2)26(35(62-19)50-15-47-22-29(38)41-12-44-32(22)50)64-67(55,69)58-8-18-23(51)24(52)34(61-18)49-14-46-21-28(37)40-11-43-31(21)49/h10-19,23-26,33-35,51-52H,4-9H2,1-3H3,(H,54,68)(H,55,69)(H2,36,39,42)(H2,37,40,43)(H2,38,41,44)/t16-,17-,18-,19-,23-,24-,25-,26-,33-,34-,35-,65?,66?,67?/m1/s1. The summed E-state index contributed by atoms with van der Waals surface area (Å²) >= 11 is 11.1. The van der Waals surface area contributed by atoms with Gasteiger partial charge in [-0.15, -0.1) is 0 Å². The van der Waals surface area contributed by atoms with Crippen molar-refractivity contribution in [3.8, 4) is 0 Å². The summed E-state index contributed by atoms with van der Waals surface area (Å²) in [6.45, 7) is -7.78. The number of imidazole rings is 3. The van der Waals surface area contributed by atoms with E-state index in [9.17, 15) is 24.6 Å². The fraction of sp³-hybridized carbons (Fsp3) is 0.571. The Morgan fingerprint density at radius 3 is 1.70 bits per heavy atom. The number of hydrogen-bond donors (Lipinski definition) is 7. The first-order chi connectivity index (χ1) is 32.9. The van der Waals surface area contributed by atoms with Crippen molar-refractivity contribution in [2.75, 3.05) is 57.0 Å². The van der Waals surface area contributed by atoms with Crippen LogP contribution in [0.15, 0.2) is 38.0 Å². The molecule has 0 saturated carbocycles. The summed E-state index contributed by atoms with van der Waals surface area (Å²) < 4.78 is 71.7. The summed E-state index contributed by atoms with van der Waals surface area (Å²) in [7, 11) is -0.177. The minimum Gasteiger partial charge on any atom is -0.387 e. The van der Waals surface area contributed by atoms with Crippen molar-refractivity contribution in [1.29, 1.82) is 0 Å². The minimum absolute atomic E-state index is 0.0652. The van der Waals surface area contributed by atoms with Crippen LogP contribution >= 0.6 is 20.8 Å². The average molecular weight is 1060 g/mol. The molecule has 3 saturated heterocycles. The van der Waals surface area contributed by atoms with E-state index in [0.29, 0.717) is 23.7 Å². The maximum Gasteiger partial charge on any atom is 0.325 e. The van der Waals surface area contributed by atoms with Crippen LogP contribution in [0.1, 0.15) is 38.4 Å². The van der Waals surface area contributed by atoms with Gasteiger partial charge in [0.1, 0.15) is 78.3 Å². The maximum atomic E-state index is 13.1. The third kappa shape index (κ3) is 10.0. The van der Waals surface area contributed by atoms with Crippen molar-refractivity contribution in [1.82, 2.24) is 58.6 Å². The zero-order chi connectivity index (χ0) is 49.0. The molecule has 6 aromatic rings. The summed E-state index contributed by atoms with van der Waals surface area (Å²) in [5.74, 6) is 0.299. The van der Waals surface area contributed by atoms with Gasteiger partial charge in [-0.3, -0.25) is 22.8 Å². The molecule has 3 fully saturated rings. The number of ether oxygens (including phenoxy) is 4. The fourth-order valence-corrected chi connectivity index (χ4v) is 12.7. The number of nitrogens with zero attached hydrogens (tertiary/aromatic N) is 12. The molecule has 3 aliphatic heterocycles. The van der Waals surface area contributed by atoms with Gasteiger partial charge >= 0.3 is 13.4 Å². The fourth-order valence-electron chi connectivity index (χ4n) is 8.41. The number of rotatable bonds is 19. The second kappa shape index (κ2) is 19.9. The van der Waals surface area contributed by atoms with Crippen LogP contribution in [-0.4, -0.2) is 167 Å². The lowest BCUT2D eigenvalue weighted by Crippen LogP contribution is -2.37. The summed E-state index contributed by atoms with van der Waals surface area (Å²) in [6, 6.07) is 0. The average Bonchev–Trinajstić information content (AvgIpc) is 4.19. The topological polar surface area (TPSA) is 390 Å². The molecule has 34 heteroatoms. The number of fused-ring (bicyclic) bond motifs is 3. The predicted octanol–water partition coefficient (Wildman–Crippen LogP) is 0.644. The summed E-state index contributed by atoms with van der Waals surface area (Å²) in [5.41, 5.74) is 19.7. The van der Waals surface area contributed by atoms with E-state index in [1.165, 1.54) is 61.3 Å². The Kier molecular flexibility index (Phi) is 14.4. The first kappa shape index (κ1) is 50.0. The van der Waals surface area contributed by atoms with Gasteiger partial charge in [0.2, 0.25) is 7.37 Å². The van der Waals surface area contributed by atoms with Crippen LogP contribution in [0.2, 0.25) is 0 Å². The molecule has 0 spiro atoms. The highest BCUT2D eigenvalue weighted by molar-refractivity contribution is 8.07. The SMILES string of the molecule is CCP(=O)(CC[C@@H]1C[C@@H](OP(O)(=S)OC[C@H]2O[C@@H](n3cnc4c(N)ncnc43)[C@H](OP(O)(=S)OC[C@H]3O[C@@H](n4cnc5c(N)ncnc54)[C@H](O)[C@@H]3O)[C@@H]2OC)[C@H](n2cnc3c(N)ncnc32)O1)OC. The molecule has 69 heavy (non-hydrogen) atoms. The van der Waals surface area contributed by atoms with Gasteiger partial charge in [0.05, 0.1) is 38.3 Å². The number of nitrogen functional groups attached to an aromatic ring is 3. The normalized spacial score (nSPS) is 30.0. The van der Waals surface area contributed by atoms with Gasteiger partial charge < -0.3 is 74.2 Å². The van der Waals surface area contributed by atoms with E-state index in [0.717, 1.165) is 0 Å². The van der Waals surface area contributed by atoms with Crippen LogP contribution in [0.5, 0.6) is 0 Å². The molecule has 6 aromatic heterocycles. The van der Waals surface area contributed by atoms with Gasteiger partial charge in [0.25, 0.3) is 0 Å². The van der Waals surface area contributed by atoms with Crippen molar-refractivity contribution in [2.45, 2.75) is 87.3 Å².